The van der Waals surface area contributed by atoms with E-state index in [1.54, 1.807) is 13.2 Å². The first-order valence-electron chi connectivity index (χ1n) is 11.3. The number of carbonyl (C=O) groups excluding carboxylic acids is 1. The molecule has 1 aliphatic rings. The van der Waals surface area contributed by atoms with Gasteiger partial charge >= 0.3 is 0 Å². The number of fused-ring (bicyclic) bond motifs is 1. The Hall–Kier alpha value is -3.32. The Balaban J connectivity index is 1.81. The monoisotopic (exact) mass is 449 g/mol. The van der Waals surface area contributed by atoms with Crippen molar-refractivity contribution in [2.24, 2.45) is 0 Å². The minimum Gasteiger partial charge on any atom is -0.507 e. The number of phenols is 1. The smallest absolute Gasteiger partial charge is 0.273 e. The zero-order chi connectivity index (χ0) is 23.7. The third kappa shape index (κ3) is 4.33. The van der Waals surface area contributed by atoms with E-state index in [1.165, 1.54) is 0 Å². The number of rotatable bonds is 8. The van der Waals surface area contributed by atoms with Gasteiger partial charge in [0.25, 0.3) is 5.91 Å². The van der Waals surface area contributed by atoms with Gasteiger partial charge in [-0.2, -0.15) is 5.10 Å². The molecular formula is C26H31N3O4. The van der Waals surface area contributed by atoms with Gasteiger partial charge in [0.05, 0.1) is 19.3 Å². The second kappa shape index (κ2) is 9.27. The zero-order valence-electron chi connectivity index (χ0n) is 19.8. The molecule has 0 fully saturated rings. The average molecular weight is 450 g/mol. The highest BCUT2D eigenvalue weighted by Gasteiger charge is 2.42. The van der Waals surface area contributed by atoms with E-state index in [0.717, 1.165) is 28.0 Å². The molecule has 0 aliphatic carbocycles. The molecule has 1 aromatic heterocycles. The largest absolute Gasteiger partial charge is 0.507 e. The Morgan fingerprint density at radius 3 is 2.70 bits per heavy atom. The number of aromatic nitrogens is 2. The lowest BCUT2D eigenvalue weighted by Crippen LogP contribution is -2.31. The molecule has 7 heteroatoms. The van der Waals surface area contributed by atoms with Gasteiger partial charge in [0.2, 0.25) is 0 Å². The van der Waals surface area contributed by atoms with Crippen molar-refractivity contribution in [1.29, 1.82) is 0 Å². The van der Waals surface area contributed by atoms with Gasteiger partial charge < -0.3 is 19.5 Å². The number of aromatic amines is 1. The Bertz CT molecular complexity index is 1150. The van der Waals surface area contributed by atoms with E-state index in [2.05, 4.69) is 10.2 Å². The van der Waals surface area contributed by atoms with Crippen molar-refractivity contribution in [2.45, 2.75) is 46.3 Å². The van der Waals surface area contributed by atoms with Crippen LogP contribution in [0.3, 0.4) is 0 Å². The number of phenolic OH excluding ortho intramolecular Hbond substituents is 1. The molecule has 33 heavy (non-hydrogen) atoms. The number of methoxy groups -OCH3 is 1. The summed E-state index contributed by atoms with van der Waals surface area (Å²) < 4.78 is 11.1. The summed E-state index contributed by atoms with van der Waals surface area (Å²) >= 11 is 0. The minimum atomic E-state index is -0.351. The molecule has 4 rings (SSSR count). The summed E-state index contributed by atoms with van der Waals surface area (Å²) in [5.74, 6) is 0.767. The highest BCUT2D eigenvalue weighted by atomic mass is 16.5. The number of H-pyrrole nitrogens is 1. The summed E-state index contributed by atoms with van der Waals surface area (Å²) in [4.78, 5) is 15.3. The van der Waals surface area contributed by atoms with Crippen LogP contribution in [-0.2, 0) is 4.74 Å². The molecule has 1 aliphatic heterocycles. The number of benzene rings is 2. The van der Waals surface area contributed by atoms with E-state index in [-0.39, 0.29) is 23.8 Å². The van der Waals surface area contributed by atoms with Gasteiger partial charge in [-0.25, -0.2) is 0 Å². The predicted molar refractivity (Wildman–Crippen MR) is 127 cm³/mol. The van der Waals surface area contributed by atoms with Crippen LogP contribution >= 0.6 is 0 Å². The maximum atomic E-state index is 13.5. The fourth-order valence-electron chi connectivity index (χ4n) is 4.58. The first-order valence-corrected chi connectivity index (χ1v) is 11.3. The molecule has 2 heterocycles. The fourth-order valence-corrected chi connectivity index (χ4v) is 4.58. The topological polar surface area (TPSA) is 87.7 Å². The normalized spacial score (nSPS) is 15.4. The van der Waals surface area contributed by atoms with E-state index in [1.807, 2.05) is 62.9 Å². The molecular weight excluding hydrogens is 418 g/mol. The van der Waals surface area contributed by atoms with Crippen molar-refractivity contribution >= 4 is 5.91 Å². The van der Waals surface area contributed by atoms with Crippen molar-refractivity contribution in [2.75, 3.05) is 20.3 Å². The number of aryl methyl sites for hydroxylation is 2. The molecule has 0 bridgehead atoms. The van der Waals surface area contributed by atoms with Crippen LogP contribution < -0.4 is 4.74 Å². The van der Waals surface area contributed by atoms with E-state index in [9.17, 15) is 9.90 Å². The Labute approximate surface area is 194 Å². The van der Waals surface area contributed by atoms with Crippen LogP contribution in [0.5, 0.6) is 11.5 Å². The van der Waals surface area contributed by atoms with Gasteiger partial charge in [-0.1, -0.05) is 18.2 Å². The lowest BCUT2D eigenvalue weighted by atomic mass is 9.93. The standard InChI is InChI=1S/C26H31N3O4/c1-15(2)33-11-7-10-29-25(18-8-6-9-19(14-18)32-5)22-23(27-28-24(22)26(29)31)21-17(4)12-16(3)13-20(21)30/h6,8-9,12-15,25,30H,7,10-11H2,1-5H3,(H,27,28). The molecule has 1 amide bonds. The number of hydrogen-bond donors (Lipinski definition) is 2. The van der Waals surface area contributed by atoms with Gasteiger partial charge in [0.1, 0.15) is 22.9 Å². The number of nitrogens with one attached hydrogen (secondary N) is 1. The maximum Gasteiger partial charge on any atom is 0.273 e. The van der Waals surface area contributed by atoms with Gasteiger partial charge in [0, 0.05) is 24.3 Å². The molecule has 3 aromatic rings. The second-order valence-electron chi connectivity index (χ2n) is 8.79. The first kappa shape index (κ1) is 22.9. The molecule has 0 saturated carbocycles. The van der Waals surface area contributed by atoms with E-state index in [4.69, 9.17) is 9.47 Å². The third-order valence-corrected chi connectivity index (χ3v) is 5.96. The van der Waals surface area contributed by atoms with Gasteiger partial charge in [-0.05, 0) is 69.0 Å². The van der Waals surface area contributed by atoms with Crippen LogP contribution in [-0.4, -0.2) is 52.5 Å². The minimum absolute atomic E-state index is 0.106. The quantitative estimate of drug-likeness (QED) is 0.484. The van der Waals surface area contributed by atoms with Crippen molar-refractivity contribution in [3.63, 3.8) is 0 Å². The Morgan fingerprint density at radius 1 is 1.21 bits per heavy atom. The van der Waals surface area contributed by atoms with Crippen LogP contribution in [0.2, 0.25) is 0 Å². The van der Waals surface area contributed by atoms with E-state index >= 15 is 0 Å². The molecule has 174 valence electrons. The Morgan fingerprint density at radius 2 is 2.00 bits per heavy atom. The number of amides is 1. The van der Waals surface area contributed by atoms with Gasteiger partial charge in [-0.3, -0.25) is 9.89 Å². The highest BCUT2D eigenvalue weighted by Crippen LogP contribution is 2.46. The molecule has 2 N–H and O–H groups in total. The highest BCUT2D eigenvalue weighted by molar-refractivity contribution is 6.00. The number of ether oxygens (including phenoxy) is 2. The number of nitrogens with zero attached hydrogens (tertiary/aromatic N) is 2. The van der Waals surface area contributed by atoms with E-state index in [0.29, 0.717) is 36.5 Å². The second-order valence-corrected chi connectivity index (χ2v) is 8.79. The summed E-state index contributed by atoms with van der Waals surface area (Å²) in [6, 6.07) is 11.1. The van der Waals surface area contributed by atoms with Crippen LogP contribution in [0.1, 0.15) is 59.1 Å². The third-order valence-electron chi connectivity index (χ3n) is 5.96. The zero-order valence-corrected chi connectivity index (χ0v) is 19.8. The van der Waals surface area contributed by atoms with Crippen molar-refractivity contribution in [1.82, 2.24) is 15.1 Å². The number of aromatic hydroxyl groups is 1. The number of hydrogen-bond acceptors (Lipinski definition) is 5. The molecule has 2 aromatic carbocycles. The lowest BCUT2D eigenvalue weighted by molar-refractivity contribution is 0.0601. The lowest BCUT2D eigenvalue weighted by Gasteiger charge is -2.27. The molecule has 0 radical (unpaired) electrons. The fraction of sp³-hybridized carbons (Fsp3) is 0.385. The van der Waals surface area contributed by atoms with Crippen LogP contribution in [0.15, 0.2) is 36.4 Å². The van der Waals surface area contributed by atoms with Gasteiger partial charge in [0.15, 0.2) is 0 Å². The Kier molecular flexibility index (Phi) is 6.42. The maximum absolute atomic E-state index is 13.5. The SMILES string of the molecule is COc1cccc(C2c3c(-c4c(C)cc(C)cc4O)n[nH]c3C(=O)N2CCCOC(C)C)c1. The molecule has 7 nitrogen and oxygen atoms in total. The van der Waals surface area contributed by atoms with Crippen molar-refractivity contribution < 1.29 is 19.4 Å². The average Bonchev–Trinajstić information content (AvgIpc) is 3.29. The van der Waals surface area contributed by atoms with Crippen molar-refractivity contribution in [3.05, 3.63) is 64.3 Å². The predicted octanol–water partition coefficient (Wildman–Crippen LogP) is 4.77. The summed E-state index contributed by atoms with van der Waals surface area (Å²) in [6.07, 6.45) is 0.858. The van der Waals surface area contributed by atoms with Crippen LogP contribution in [0, 0.1) is 13.8 Å². The van der Waals surface area contributed by atoms with Crippen molar-refractivity contribution in [3.8, 4) is 22.8 Å². The number of carbonyl (C=O) groups is 1. The van der Waals surface area contributed by atoms with Crippen LogP contribution in [0.4, 0.5) is 0 Å². The van der Waals surface area contributed by atoms with E-state index < -0.39 is 0 Å². The summed E-state index contributed by atoms with van der Waals surface area (Å²) in [5.41, 5.74) is 5.28. The van der Waals surface area contributed by atoms with Gasteiger partial charge in [-0.15, -0.1) is 0 Å². The molecule has 1 atom stereocenters. The molecule has 1 unspecified atom stereocenters. The summed E-state index contributed by atoms with van der Waals surface area (Å²) in [6.45, 7) is 8.99. The first-order chi connectivity index (χ1) is 15.8. The summed E-state index contributed by atoms with van der Waals surface area (Å²) in [5, 5.41) is 18.2. The molecule has 0 spiro atoms. The summed E-state index contributed by atoms with van der Waals surface area (Å²) in [7, 11) is 1.63. The molecule has 0 saturated heterocycles. The van der Waals surface area contributed by atoms with Crippen LogP contribution in [0.25, 0.3) is 11.3 Å².